The number of rotatable bonds is 1. The van der Waals surface area contributed by atoms with Crippen molar-refractivity contribution in [2.75, 3.05) is 0 Å². The zero-order valence-electron chi connectivity index (χ0n) is 6.38. The first-order chi connectivity index (χ1) is 5.47. The van der Waals surface area contributed by atoms with E-state index in [1.807, 2.05) is 18.3 Å². The average molecular weight is 233 g/mol. The number of hydrogen-bond acceptors (Lipinski definition) is 2. The zero-order chi connectivity index (χ0) is 7.52. The summed E-state index contributed by atoms with van der Waals surface area (Å²) in [4.78, 5) is 3.90. The zero-order valence-corrected chi connectivity index (χ0v) is 9.22. The molecular weight excluding hydrogens is 227 g/mol. The molecule has 2 aromatic heterocycles. The monoisotopic (exact) mass is 233 g/mol. The molecule has 0 unspecified atom stereocenters. The van der Waals surface area contributed by atoms with E-state index >= 15 is 0 Å². The Kier molecular flexibility index (Phi) is 3.57. The number of pyridine rings is 1. The van der Waals surface area contributed by atoms with Gasteiger partial charge in [-0.1, -0.05) is 0 Å². The summed E-state index contributed by atoms with van der Waals surface area (Å²) in [5, 5.41) is 3.95. The maximum Gasteiger partial charge on any atom is 0.0461 e. The van der Waals surface area contributed by atoms with Gasteiger partial charge in [0.15, 0.2) is 0 Å². The minimum atomic E-state index is 0. The molecule has 0 atom stereocenters. The van der Waals surface area contributed by atoms with Gasteiger partial charge in [-0.05, 0) is 12.1 Å². The van der Waals surface area contributed by atoms with Gasteiger partial charge < -0.3 is 9.78 Å². The molecule has 0 bridgehead atoms. The Morgan fingerprint density at radius 3 is 2.58 bits per heavy atom. The van der Waals surface area contributed by atoms with Gasteiger partial charge in [0.2, 0.25) is 0 Å². The maximum atomic E-state index is 3.95. The number of nitrogens with zero attached hydrogens (tertiary/aromatic N) is 3. The van der Waals surface area contributed by atoms with E-state index < -0.39 is 0 Å². The normalized spacial score (nSPS) is 9.00. The topological polar surface area (TPSA) is 30.7 Å². The Hall–Kier alpha value is -0.536. The Morgan fingerprint density at radius 1 is 1.25 bits per heavy atom. The van der Waals surface area contributed by atoms with Crippen molar-refractivity contribution in [1.29, 1.82) is 0 Å². The fraction of sp³-hybridized carbons (Fsp3) is 0. The SMILES string of the molecule is [Y].[c-]1ccn(-c2ccncc2)n1. The summed E-state index contributed by atoms with van der Waals surface area (Å²) < 4.78 is 1.74. The van der Waals surface area contributed by atoms with Gasteiger partial charge in [0.25, 0.3) is 0 Å². The van der Waals surface area contributed by atoms with E-state index in [9.17, 15) is 0 Å². The molecule has 12 heavy (non-hydrogen) atoms. The van der Waals surface area contributed by atoms with Gasteiger partial charge in [-0.15, -0.1) is 12.4 Å². The van der Waals surface area contributed by atoms with Crippen LogP contribution in [-0.2, 0) is 32.7 Å². The van der Waals surface area contributed by atoms with Crippen LogP contribution in [0.1, 0.15) is 0 Å². The molecular formula is C8H6N3Y-. The number of aromatic nitrogens is 3. The smallest absolute Gasteiger partial charge is 0.0461 e. The van der Waals surface area contributed by atoms with Gasteiger partial charge in [-0.25, -0.2) is 0 Å². The van der Waals surface area contributed by atoms with E-state index in [4.69, 9.17) is 0 Å². The van der Waals surface area contributed by atoms with Crippen LogP contribution < -0.4 is 0 Å². The van der Waals surface area contributed by atoms with Crippen molar-refractivity contribution in [1.82, 2.24) is 14.8 Å². The van der Waals surface area contributed by atoms with Gasteiger partial charge in [0.05, 0.1) is 0 Å². The van der Waals surface area contributed by atoms with Crippen molar-refractivity contribution in [2.45, 2.75) is 0 Å². The summed E-state index contributed by atoms with van der Waals surface area (Å²) in [7, 11) is 0. The van der Waals surface area contributed by atoms with Crippen molar-refractivity contribution < 1.29 is 32.7 Å². The molecule has 2 aromatic rings. The largest absolute Gasteiger partial charge is 0.338 e. The fourth-order valence-corrected chi connectivity index (χ4v) is 0.873. The van der Waals surface area contributed by atoms with Crippen LogP contribution in [0.3, 0.4) is 0 Å². The van der Waals surface area contributed by atoms with E-state index in [2.05, 4.69) is 16.3 Å². The van der Waals surface area contributed by atoms with Crippen LogP contribution in [0, 0.1) is 6.20 Å². The average Bonchev–Trinajstić information content (AvgIpc) is 2.58. The standard InChI is InChI=1S/C8H6N3.Y/c1-4-10-11(7-1)8-2-5-9-6-3-8;/h1-3,5-7H;/q-1;. The fourth-order valence-electron chi connectivity index (χ4n) is 0.873. The van der Waals surface area contributed by atoms with Gasteiger partial charge in [-0.3, -0.25) is 4.98 Å². The summed E-state index contributed by atoms with van der Waals surface area (Å²) in [6.07, 6.45) is 8.03. The van der Waals surface area contributed by atoms with Crippen molar-refractivity contribution in [3.8, 4) is 5.69 Å². The Morgan fingerprint density at radius 2 is 2.00 bits per heavy atom. The van der Waals surface area contributed by atoms with Crippen LogP contribution >= 0.6 is 0 Å². The maximum absolute atomic E-state index is 3.95. The second-order valence-corrected chi connectivity index (χ2v) is 2.09. The molecule has 0 aliphatic rings. The third-order valence-electron chi connectivity index (χ3n) is 1.38. The van der Waals surface area contributed by atoms with Gasteiger partial charge in [0, 0.05) is 50.8 Å². The molecule has 0 spiro atoms. The van der Waals surface area contributed by atoms with E-state index in [0.29, 0.717) is 0 Å². The van der Waals surface area contributed by atoms with Crippen LogP contribution in [-0.4, -0.2) is 14.8 Å². The minimum absolute atomic E-state index is 0. The van der Waals surface area contributed by atoms with Crippen molar-refractivity contribution in [3.63, 3.8) is 0 Å². The van der Waals surface area contributed by atoms with E-state index in [1.54, 1.807) is 23.1 Å². The Bertz CT molecular complexity index is 317. The first-order valence-electron chi connectivity index (χ1n) is 3.29. The van der Waals surface area contributed by atoms with Crippen LogP contribution in [0.15, 0.2) is 36.8 Å². The predicted octanol–water partition coefficient (Wildman–Crippen LogP) is 1.06. The molecule has 57 valence electrons. The van der Waals surface area contributed by atoms with Crippen molar-refractivity contribution in [2.24, 2.45) is 0 Å². The van der Waals surface area contributed by atoms with Crippen LogP contribution in [0.2, 0.25) is 0 Å². The van der Waals surface area contributed by atoms with Crippen molar-refractivity contribution in [3.05, 3.63) is 43.0 Å². The molecule has 3 nitrogen and oxygen atoms in total. The van der Waals surface area contributed by atoms with E-state index in [1.165, 1.54) is 0 Å². The van der Waals surface area contributed by atoms with E-state index in [-0.39, 0.29) is 32.7 Å². The van der Waals surface area contributed by atoms with Gasteiger partial charge in [-0.2, -0.15) is 6.07 Å². The molecule has 0 aromatic carbocycles. The summed E-state index contributed by atoms with van der Waals surface area (Å²) in [6, 6.07) is 5.54. The molecule has 2 heterocycles. The first-order valence-corrected chi connectivity index (χ1v) is 3.29. The number of hydrogen-bond donors (Lipinski definition) is 0. The molecule has 0 fully saturated rings. The third-order valence-corrected chi connectivity index (χ3v) is 1.38. The Labute approximate surface area is 95.7 Å². The van der Waals surface area contributed by atoms with Gasteiger partial charge >= 0.3 is 0 Å². The van der Waals surface area contributed by atoms with Crippen LogP contribution in [0.25, 0.3) is 5.69 Å². The molecule has 0 aliphatic heterocycles. The molecule has 0 amide bonds. The molecule has 0 saturated carbocycles. The second kappa shape index (κ2) is 4.48. The summed E-state index contributed by atoms with van der Waals surface area (Å²) in [5.74, 6) is 0. The predicted molar refractivity (Wildman–Crippen MR) is 40.2 cm³/mol. The molecule has 4 heteroatoms. The second-order valence-electron chi connectivity index (χ2n) is 2.09. The van der Waals surface area contributed by atoms with Crippen LogP contribution in [0.5, 0.6) is 0 Å². The molecule has 2 rings (SSSR count). The summed E-state index contributed by atoms with van der Waals surface area (Å²) >= 11 is 0. The Balaban J connectivity index is 0.000000720. The van der Waals surface area contributed by atoms with Gasteiger partial charge in [0.1, 0.15) is 0 Å². The third kappa shape index (κ3) is 1.99. The first kappa shape index (κ1) is 9.55. The summed E-state index contributed by atoms with van der Waals surface area (Å²) in [6.45, 7) is 0. The molecule has 1 radical (unpaired) electrons. The van der Waals surface area contributed by atoms with Crippen LogP contribution in [0.4, 0.5) is 0 Å². The van der Waals surface area contributed by atoms with E-state index in [0.717, 1.165) is 5.69 Å². The molecule has 0 N–H and O–H groups in total. The minimum Gasteiger partial charge on any atom is -0.338 e. The molecule has 0 saturated heterocycles. The molecule has 0 aliphatic carbocycles. The quantitative estimate of drug-likeness (QED) is 0.689. The van der Waals surface area contributed by atoms with Crippen molar-refractivity contribution >= 4 is 0 Å². The summed E-state index contributed by atoms with van der Waals surface area (Å²) in [5.41, 5.74) is 1.00.